The second-order valence-electron chi connectivity index (χ2n) is 24.3. The van der Waals surface area contributed by atoms with Crippen molar-refractivity contribution >= 4 is 77.0 Å². The molecule has 30 heteroatoms. The number of likely N-dealkylation sites (tertiary alicyclic amines) is 6. The summed E-state index contributed by atoms with van der Waals surface area (Å²) in [7, 11) is 0. The van der Waals surface area contributed by atoms with E-state index in [9.17, 15) is 43.5 Å². The summed E-state index contributed by atoms with van der Waals surface area (Å²) in [5.41, 5.74) is 39.2. The Balaban J connectivity index is 1.16. The van der Waals surface area contributed by atoms with Gasteiger partial charge in [-0.1, -0.05) is 27.7 Å². The van der Waals surface area contributed by atoms with Crippen molar-refractivity contribution in [2.45, 2.75) is 197 Å². The van der Waals surface area contributed by atoms with Crippen LogP contribution in [0.5, 0.6) is 0 Å². The number of carboxylic acids is 1. The highest BCUT2D eigenvalue weighted by atomic mass is 16.4. The lowest BCUT2D eigenvalue weighted by Crippen LogP contribution is -2.60. The summed E-state index contributed by atoms with van der Waals surface area (Å²) in [6, 6.07) is -10.2. The van der Waals surface area contributed by atoms with Gasteiger partial charge in [0.1, 0.15) is 54.4 Å². The molecule has 0 radical (unpaired) electrons. The van der Waals surface area contributed by atoms with E-state index in [1.54, 1.807) is 19.6 Å². The van der Waals surface area contributed by atoms with Crippen molar-refractivity contribution < 1.29 is 53.1 Å². The molecule has 1 unspecified atom stereocenters. The van der Waals surface area contributed by atoms with Gasteiger partial charge in [0.2, 0.25) is 53.2 Å². The van der Waals surface area contributed by atoms with E-state index in [1.807, 2.05) is 27.7 Å². The summed E-state index contributed by atoms with van der Waals surface area (Å²) < 4.78 is 0. The van der Waals surface area contributed by atoms with Crippen LogP contribution in [0.25, 0.3) is 0 Å². The molecule has 0 spiro atoms. The molecule has 6 aliphatic rings. The molecule has 0 aromatic carbocycles. The molecular formula is C56H95N19O11. The molecule has 0 aromatic rings. The number of aliphatic imine (C=N–C) groups is 3. The highest BCUT2D eigenvalue weighted by Gasteiger charge is 2.53. The molecule has 0 bridgehead atoms. The molecule has 30 nitrogen and oxygen atoms in total. The van der Waals surface area contributed by atoms with Crippen molar-refractivity contribution in [2.24, 2.45) is 72.9 Å². The summed E-state index contributed by atoms with van der Waals surface area (Å²) in [5.74, 6) is -6.79. The summed E-state index contributed by atoms with van der Waals surface area (Å²) in [6.45, 7) is 9.61. The van der Waals surface area contributed by atoms with Gasteiger partial charge in [0.25, 0.3) is 0 Å². The largest absolute Gasteiger partial charge is 0.480 e. The maximum absolute atomic E-state index is 15.2. The van der Waals surface area contributed by atoms with Crippen LogP contribution >= 0.6 is 0 Å². The second-order valence-corrected chi connectivity index (χ2v) is 24.3. The Bertz CT molecular complexity index is 2550. The first-order valence-electron chi connectivity index (χ1n) is 30.7. The number of hydrogen-bond donors (Lipinski definition) is 11. The normalized spacial score (nSPS) is 24.3. The van der Waals surface area contributed by atoms with Gasteiger partial charge in [0.05, 0.1) is 6.04 Å². The van der Waals surface area contributed by atoms with E-state index in [2.05, 4.69) is 30.9 Å². The van der Waals surface area contributed by atoms with Crippen LogP contribution in [0.3, 0.4) is 0 Å². The van der Waals surface area contributed by atoms with Crippen LogP contribution in [-0.2, 0) is 47.9 Å². The molecule has 0 aliphatic carbocycles. The monoisotopic (exact) mass is 1210 g/mol. The summed E-state index contributed by atoms with van der Waals surface area (Å²) >= 11 is 0. The minimum atomic E-state index is -1.38. The van der Waals surface area contributed by atoms with Gasteiger partial charge in [-0.05, 0) is 127 Å². The van der Waals surface area contributed by atoms with Crippen molar-refractivity contribution in [2.75, 3.05) is 58.9 Å². The highest BCUT2D eigenvalue weighted by Crippen LogP contribution is 2.37. The average Bonchev–Trinajstić information content (AvgIpc) is 1.93. The van der Waals surface area contributed by atoms with Gasteiger partial charge in [-0.3, -0.25) is 58.1 Å². The molecule has 6 saturated heterocycles. The number of nitrogens with one attached hydrogen (secondary N) is 3. The predicted octanol–water partition coefficient (Wildman–Crippen LogP) is -3.50. The quantitative estimate of drug-likeness (QED) is 0.0216. The van der Waals surface area contributed by atoms with Gasteiger partial charge in [-0.25, -0.2) is 4.79 Å². The third-order valence-corrected chi connectivity index (χ3v) is 17.7. The molecule has 6 aliphatic heterocycles. The number of nitrogens with zero attached hydrogens (tertiary/aromatic N) is 9. The fourth-order valence-corrected chi connectivity index (χ4v) is 13.1. The van der Waals surface area contributed by atoms with E-state index in [4.69, 9.17) is 40.1 Å². The molecule has 6 rings (SSSR count). The smallest absolute Gasteiger partial charge is 0.326 e. The molecule has 0 saturated carbocycles. The zero-order chi connectivity index (χ0) is 63.1. The molecule has 6 heterocycles. The number of nitrogens with two attached hydrogens (primary N) is 7. The van der Waals surface area contributed by atoms with Gasteiger partial charge < -0.3 is 90.6 Å². The number of hydrogen-bond acceptors (Lipinski definition) is 14. The van der Waals surface area contributed by atoms with E-state index < -0.39 is 95.9 Å². The summed E-state index contributed by atoms with van der Waals surface area (Å²) in [6.07, 6.45) is 5.37. The van der Waals surface area contributed by atoms with Crippen molar-refractivity contribution in [3.63, 3.8) is 0 Å². The summed E-state index contributed by atoms with van der Waals surface area (Å²) in [5, 5.41) is 17.9. The maximum atomic E-state index is 15.2. The first-order valence-corrected chi connectivity index (χ1v) is 30.7. The molecule has 18 N–H and O–H groups in total. The topological polar surface area (TPSA) is 466 Å². The lowest BCUT2D eigenvalue weighted by molar-refractivity contribution is -0.155. The van der Waals surface area contributed by atoms with Crippen LogP contribution in [0.15, 0.2) is 15.0 Å². The minimum absolute atomic E-state index is 0.0268. The Morgan fingerprint density at radius 2 is 0.802 bits per heavy atom. The number of aliphatic carboxylic acids is 1. The first kappa shape index (κ1) is 67.6. The van der Waals surface area contributed by atoms with Crippen LogP contribution < -0.4 is 56.1 Å². The Morgan fingerprint density at radius 3 is 1.21 bits per heavy atom. The molecule has 86 heavy (non-hydrogen) atoms. The third-order valence-electron chi connectivity index (χ3n) is 17.7. The SMILES string of the molecule is CC(C)C1CCN(C(=O)[C@@H]2CCCN2C(=O)[C@@H]2CCCN2C(=O)[C@@H]2CCCN2C(=O)[C@@H](N)C(C)C)[C@@H]1C(=O)N1CCC[C@H]1C(=O)N1CCC[C@H]1C(=O)N[C@@H](CCCN=C(N)N)C(=O)N[C@@H](CCCN=C(N)N)C(=O)N[C@@H](CCCN=C(N)N)C(=O)O. The first-order chi connectivity index (χ1) is 40.8. The fourth-order valence-electron chi connectivity index (χ4n) is 13.1. The van der Waals surface area contributed by atoms with Gasteiger partial charge in [0, 0.05) is 58.9 Å². The molecule has 11 atom stereocenters. The number of amides is 9. The molecule has 9 amide bonds. The zero-order valence-corrected chi connectivity index (χ0v) is 50.5. The van der Waals surface area contributed by atoms with Crippen molar-refractivity contribution in [1.82, 2.24) is 45.3 Å². The number of guanidine groups is 3. The van der Waals surface area contributed by atoms with Gasteiger partial charge in [0.15, 0.2) is 17.9 Å². The second kappa shape index (κ2) is 31.2. The number of carbonyl (C=O) groups is 10. The van der Waals surface area contributed by atoms with Crippen LogP contribution in [0.2, 0.25) is 0 Å². The van der Waals surface area contributed by atoms with Crippen molar-refractivity contribution in [3.8, 4) is 0 Å². The number of carboxylic acid groups (broad SMARTS) is 1. The van der Waals surface area contributed by atoms with Gasteiger partial charge >= 0.3 is 5.97 Å². The van der Waals surface area contributed by atoms with E-state index in [0.29, 0.717) is 83.8 Å². The van der Waals surface area contributed by atoms with Crippen LogP contribution in [-0.4, -0.2) is 231 Å². The van der Waals surface area contributed by atoms with Crippen molar-refractivity contribution in [3.05, 3.63) is 0 Å². The lowest BCUT2D eigenvalue weighted by atomic mass is 9.87. The predicted molar refractivity (Wildman–Crippen MR) is 318 cm³/mol. The van der Waals surface area contributed by atoms with Crippen LogP contribution in [0.1, 0.15) is 137 Å². The zero-order valence-electron chi connectivity index (χ0n) is 50.5. The van der Waals surface area contributed by atoms with Gasteiger partial charge in [-0.2, -0.15) is 0 Å². The third kappa shape index (κ3) is 16.9. The van der Waals surface area contributed by atoms with E-state index in [-0.39, 0.29) is 143 Å². The molecule has 6 fully saturated rings. The summed E-state index contributed by atoms with van der Waals surface area (Å²) in [4.78, 5) is 163. The number of rotatable bonds is 27. The average molecular weight is 1210 g/mol. The van der Waals surface area contributed by atoms with E-state index in [0.717, 1.165) is 0 Å². The number of carbonyl (C=O) groups excluding carboxylic acids is 9. The maximum Gasteiger partial charge on any atom is 0.326 e. The van der Waals surface area contributed by atoms with Gasteiger partial charge in [-0.15, -0.1) is 0 Å². The van der Waals surface area contributed by atoms with E-state index >= 15 is 9.59 Å². The molecule has 480 valence electrons. The Hall–Kier alpha value is -7.53. The van der Waals surface area contributed by atoms with E-state index in [1.165, 1.54) is 9.80 Å². The molecular weight excluding hydrogens is 1110 g/mol. The Morgan fingerprint density at radius 1 is 0.453 bits per heavy atom. The standard InChI is InChI=1S/C56H95N19O11/c1-31(2)33-21-30-75(50(82)41-20-10-27-72(41)48(80)38-17-9-26-71(38)49(81)39-18-11-28-73(39)51(83)42(57)32(3)4)43(33)52(84)74-29-12-19-40(74)47(79)70-25-8-16-37(70)46(78)68-35(14-6-23-65-55(60)61)44(76)67-34(13-5-22-64-54(58)59)45(77)69-36(53(85)86)15-7-24-66-56(62)63/h31-43H,5-30,57H2,1-4H3,(H,67,76)(H,68,78)(H,69,77)(H,85,86)(H4,58,59,64)(H4,60,61,65)(H4,62,63,66)/t33?,34-,35-,36-,37-,38-,39-,40-,41-,42-,43-/m0/s1. The lowest BCUT2D eigenvalue weighted by Gasteiger charge is -2.38. The Kier molecular flexibility index (Phi) is 24.5. The Labute approximate surface area is 502 Å². The van der Waals surface area contributed by atoms with Crippen LogP contribution in [0, 0.1) is 17.8 Å². The molecule has 0 aromatic heterocycles. The van der Waals surface area contributed by atoms with Crippen LogP contribution in [0.4, 0.5) is 0 Å². The fraction of sp³-hybridized carbons (Fsp3) is 0.768. The minimum Gasteiger partial charge on any atom is -0.480 e. The highest BCUT2D eigenvalue weighted by molar-refractivity contribution is 5.99. The van der Waals surface area contributed by atoms with Crippen molar-refractivity contribution in [1.29, 1.82) is 0 Å².